The number of hydrogen-bond acceptors (Lipinski definition) is 2. The third-order valence-corrected chi connectivity index (χ3v) is 5.40. The number of amides is 2. The van der Waals surface area contributed by atoms with Gasteiger partial charge in [-0.2, -0.15) is 0 Å². The summed E-state index contributed by atoms with van der Waals surface area (Å²) < 4.78 is 0. The summed E-state index contributed by atoms with van der Waals surface area (Å²) in [6.45, 7) is 1.46. The zero-order chi connectivity index (χ0) is 13.3. The number of piperidine rings is 1. The van der Waals surface area contributed by atoms with E-state index in [0.717, 1.165) is 45.1 Å². The summed E-state index contributed by atoms with van der Waals surface area (Å²) in [6.07, 6.45) is 9.85. The molecule has 0 bridgehead atoms. The fraction of sp³-hybridized carbons (Fsp3) is 0.933. The topological polar surface area (TPSA) is 52.6 Å². The van der Waals surface area contributed by atoms with Crippen LogP contribution in [0.1, 0.15) is 57.8 Å². The van der Waals surface area contributed by atoms with Crippen molar-refractivity contribution in [3.63, 3.8) is 0 Å². The zero-order valence-corrected chi connectivity index (χ0v) is 11.7. The minimum atomic E-state index is -0.484. The van der Waals surface area contributed by atoms with Crippen molar-refractivity contribution >= 4 is 6.03 Å². The molecule has 0 aromatic carbocycles. The van der Waals surface area contributed by atoms with E-state index in [0.29, 0.717) is 18.5 Å². The predicted octanol–water partition coefficient (Wildman–Crippen LogP) is 2.27. The quantitative estimate of drug-likeness (QED) is 0.765. The van der Waals surface area contributed by atoms with Gasteiger partial charge in [0.15, 0.2) is 0 Å². The summed E-state index contributed by atoms with van der Waals surface area (Å²) in [4.78, 5) is 14.2. The lowest BCUT2D eigenvalue weighted by Gasteiger charge is -2.47. The number of carbonyl (C=O) groups is 1. The number of likely N-dealkylation sites (tertiary alicyclic amines) is 1. The van der Waals surface area contributed by atoms with Gasteiger partial charge in [-0.25, -0.2) is 4.79 Å². The van der Waals surface area contributed by atoms with Crippen molar-refractivity contribution in [2.75, 3.05) is 13.1 Å². The lowest BCUT2D eigenvalue weighted by molar-refractivity contribution is -0.0871. The Balaban J connectivity index is 1.56. The standard InChI is InChI=1S/C15H26N2O2/c18-14(16-13-6-1-2-7-13)17-10-9-15(19)8-4-3-5-12(15)11-17/h12-13,19H,1-11H2,(H,16,18). The highest BCUT2D eigenvalue weighted by atomic mass is 16.3. The van der Waals surface area contributed by atoms with Crippen LogP contribution >= 0.6 is 0 Å². The van der Waals surface area contributed by atoms with Crippen LogP contribution in [0, 0.1) is 5.92 Å². The summed E-state index contributed by atoms with van der Waals surface area (Å²) in [5.74, 6) is 0.296. The van der Waals surface area contributed by atoms with Gasteiger partial charge in [-0.05, 0) is 32.1 Å². The summed E-state index contributed by atoms with van der Waals surface area (Å²) in [6, 6.07) is 0.485. The number of fused-ring (bicyclic) bond motifs is 1. The average molecular weight is 266 g/mol. The highest BCUT2D eigenvalue weighted by Crippen LogP contribution is 2.39. The minimum Gasteiger partial charge on any atom is -0.389 e. The lowest BCUT2D eigenvalue weighted by Crippen LogP contribution is -2.57. The van der Waals surface area contributed by atoms with Crippen LogP contribution in [0.4, 0.5) is 4.79 Å². The van der Waals surface area contributed by atoms with E-state index >= 15 is 0 Å². The van der Waals surface area contributed by atoms with E-state index in [1.54, 1.807) is 0 Å². The molecule has 0 radical (unpaired) electrons. The van der Waals surface area contributed by atoms with Crippen LogP contribution in [-0.2, 0) is 0 Å². The number of hydrogen-bond donors (Lipinski definition) is 2. The molecule has 0 spiro atoms. The molecule has 4 nitrogen and oxygen atoms in total. The number of urea groups is 1. The zero-order valence-electron chi connectivity index (χ0n) is 11.7. The molecule has 3 aliphatic rings. The van der Waals surface area contributed by atoms with Gasteiger partial charge >= 0.3 is 6.03 Å². The molecule has 3 rings (SSSR count). The smallest absolute Gasteiger partial charge is 0.317 e. The summed E-state index contributed by atoms with van der Waals surface area (Å²) >= 11 is 0. The van der Waals surface area contributed by atoms with Crippen LogP contribution in [0.5, 0.6) is 0 Å². The maximum atomic E-state index is 12.3. The van der Waals surface area contributed by atoms with Crippen molar-refractivity contribution in [3.05, 3.63) is 0 Å². The van der Waals surface area contributed by atoms with Gasteiger partial charge in [0.1, 0.15) is 0 Å². The van der Waals surface area contributed by atoms with Crippen LogP contribution in [0.3, 0.4) is 0 Å². The first-order valence-corrected chi connectivity index (χ1v) is 7.95. The maximum Gasteiger partial charge on any atom is 0.317 e. The van der Waals surface area contributed by atoms with E-state index in [1.165, 1.54) is 19.3 Å². The number of rotatable bonds is 1. The van der Waals surface area contributed by atoms with Gasteiger partial charge in [0.05, 0.1) is 5.60 Å². The lowest BCUT2D eigenvalue weighted by atomic mass is 9.71. The van der Waals surface area contributed by atoms with Crippen LogP contribution in [0.15, 0.2) is 0 Å². The molecule has 19 heavy (non-hydrogen) atoms. The summed E-state index contributed by atoms with van der Waals surface area (Å²) in [5.41, 5.74) is -0.484. The van der Waals surface area contributed by atoms with Crippen molar-refractivity contribution in [2.45, 2.75) is 69.4 Å². The van der Waals surface area contributed by atoms with Crippen molar-refractivity contribution in [3.8, 4) is 0 Å². The molecule has 1 heterocycles. The van der Waals surface area contributed by atoms with E-state index < -0.39 is 5.60 Å². The first kappa shape index (κ1) is 13.2. The average Bonchev–Trinajstić information content (AvgIpc) is 2.90. The van der Waals surface area contributed by atoms with Gasteiger partial charge in [0.2, 0.25) is 0 Å². The third kappa shape index (κ3) is 2.73. The van der Waals surface area contributed by atoms with Gasteiger partial charge in [-0.1, -0.05) is 25.7 Å². The SMILES string of the molecule is O=C(NC1CCCC1)N1CCC2(O)CCCCC2C1. The van der Waals surface area contributed by atoms with E-state index in [9.17, 15) is 9.90 Å². The Morgan fingerprint density at radius 2 is 1.84 bits per heavy atom. The number of aliphatic hydroxyl groups is 1. The fourth-order valence-electron chi connectivity index (χ4n) is 4.09. The van der Waals surface area contributed by atoms with Gasteiger partial charge in [0.25, 0.3) is 0 Å². The summed E-state index contributed by atoms with van der Waals surface area (Å²) in [7, 11) is 0. The van der Waals surface area contributed by atoms with Gasteiger partial charge in [-0.3, -0.25) is 0 Å². The van der Waals surface area contributed by atoms with Gasteiger partial charge < -0.3 is 15.3 Å². The van der Waals surface area contributed by atoms with Crippen LogP contribution in [0.25, 0.3) is 0 Å². The molecule has 108 valence electrons. The Labute approximate surface area is 115 Å². The summed E-state index contributed by atoms with van der Waals surface area (Å²) in [5, 5.41) is 13.8. The van der Waals surface area contributed by atoms with Crippen molar-refractivity contribution in [1.29, 1.82) is 0 Å². The molecule has 2 atom stereocenters. The number of nitrogens with one attached hydrogen (secondary N) is 1. The second-order valence-corrected chi connectivity index (χ2v) is 6.67. The first-order valence-electron chi connectivity index (χ1n) is 7.95. The molecule has 1 saturated heterocycles. The maximum absolute atomic E-state index is 12.3. The monoisotopic (exact) mass is 266 g/mol. The third-order valence-electron chi connectivity index (χ3n) is 5.40. The molecule has 2 N–H and O–H groups in total. The van der Waals surface area contributed by atoms with Crippen LogP contribution in [0.2, 0.25) is 0 Å². The van der Waals surface area contributed by atoms with E-state index in [2.05, 4.69) is 5.32 Å². The van der Waals surface area contributed by atoms with E-state index in [-0.39, 0.29) is 6.03 Å². The van der Waals surface area contributed by atoms with Crippen molar-refractivity contribution in [1.82, 2.24) is 10.2 Å². The Hall–Kier alpha value is -0.770. The Morgan fingerprint density at radius 1 is 1.11 bits per heavy atom. The molecular weight excluding hydrogens is 240 g/mol. The molecule has 2 amide bonds. The second kappa shape index (κ2) is 5.31. The Bertz CT molecular complexity index is 341. The van der Waals surface area contributed by atoms with Crippen molar-refractivity contribution in [2.24, 2.45) is 5.92 Å². The molecule has 3 fully saturated rings. The van der Waals surface area contributed by atoms with E-state index in [4.69, 9.17) is 0 Å². The normalized spacial score (nSPS) is 36.1. The van der Waals surface area contributed by atoms with Crippen LogP contribution in [-0.4, -0.2) is 40.8 Å². The molecule has 1 aliphatic heterocycles. The molecular formula is C15H26N2O2. The largest absolute Gasteiger partial charge is 0.389 e. The minimum absolute atomic E-state index is 0.0968. The fourth-order valence-corrected chi connectivity index (χ4v) is 4.09. The number of carbonyl (C=O) groups excluding carboxylic acids is 1. The van der Waals surface area contributed by atoms with Crippen LogP contribution < -0.4 is 5.32 Å². The van der Waals surface area contributed by atoms with Gasteiger partial charge in [0, 0.05) is 25.0 Å². The number of nitrogens with zero attached hydrogens (tertiary/aromatic N) is 1. The first-order chi connectivity index (χ1) is 9.17. The highest BCUT2D eigenvalue weighted by Gasteiger charge is 2.43. The predicted molar refractivity (Wildman–Crippen MR) is 73.9 cm³/mol. The van der Waals surface area contributed by atoms with Crippen molar-refractivity contribution < 1.29 is 9.90 Å². The van der Waals surface area contributed by atoms with Gasteiger partial charge in [-0.15, -0.1) is 0 Å². The molecule has 4 heteroatoms. The highest BCUT2D eigenvalue weighted by molar-refractivity contribution is 5.74. The van der Waals surface area contributed by atoms with E-state index in [1.807, 2.05) is 4.90 Å². The Kier molecular flexibility index (Phi) is 3.70. The molecule has 2 unspecified atom stereocenters. The molecule has 0 aromatic heterocycles. The molecule has 2 aliphatic carbocycles. The molecule has 0 aromatic rings. The molecule has 2 saturated carbocycles. The second-order valence-electron chi connectivity index (χ2n) is 6.67. The Morgan fingerprint density at radius 3 is 2.63 bits per heavy atom.